The van der Waals surface area contributed by atoms with Crippen LogP contribution in [0.4, 0.5) is 79.0 Å². The highest BCUT2D eigenvalue weighted by molar-refractivity contribution is 9.10. The highest BCUT2D eigenvalue weighted by Crippen LogP contribution is 2.55. The molecule has 4 nitrogen and oxygen atoms in total. The maximum Gasteiger partial charge on any atom is 0.405 e. The van der Waals surface area contributed by atoms with Crippen molar-refractivity contribution in [1.82, 2.24) is 0 Å². The van der Waals surface area contributed by atoms with E-state index in [9.17, 15) is 87.4 Å². The van der Waals surface area contributed by atoms with Crippen LogP contribution in [0.25, 0.3) is 0 Å². The van der Waals surface area contributed by atoms with Gasteiger partial charge in [-0.25, -0.2) is 52.3 Å². The van der Waals surface area contributed by atoms with Gasteiger partial charge < -0.3 is 0 Å². The molecule has 6 atom stereocenters. The van der Waals surface area contributed by atoms with E-state index in [-0.39, 0.29) is 0 Å². The highest BCUT2D eigenvalue weighted by atomic mass is 79.9. The van der Waals surface area contributed by atoms with E-state index < -0.39 is 81.2 Å². The molecule has 25 heteroatoms. The molecule has 0 saturated carbocycles. The zero-order valence-corrected chi connectivity index (χ0v) is 20.1. The van der Waals surface area contributed by atoms with Gasteiger partial charge in [-0.15, -0.1) is 0 Å². The Morgan fingerprint density at radius 2 is 0.730 bits per heavy atom. The van der Waals surface area contributed by atoms with Crippen molar-refractivity contribution < 1.29 is 95.8 Å². The second-order valence-electron chi connectivity index (χ2n) is 6.35. The minimum absolute atomic E-state index is 0.731. The predicted octanol–water partition coefficient (Wildman–Crippen LogP) is 6.72. The molecule has 0 aliphatic rings. The molecule has 0 aliphatic heterocycles. The Hall–Kier alpha value is -0.430. The van der Waals surface area contributed by atoms with Crippen molar-refractivity contribution in [1.29, 1.82) is 0 Å². The summed E-state index contributed by atoms with van der Waals surface area (Å²) in [7, 11) is -7.16. The summed E-state index contributed by atoms with van der Waals surface area (Å²) in [5.74, 6) is -27.9. The Bertz CT molecular complexity index is 820. The molecule has 0 spiro atoms. The minimum Gasteiger partial charge on any atom is -0.234 e. The number of halogens is 20. The normalized spacial score (nSPS) is 21.4. The minimum atomic E-state index is -7.16. The molecule has 0 radical (unpaired) electrons. The van der Waals surface area contributed by atoms with E-state index in [0.717, 1.165) is 31.9 Å². The third kappa shape index (κ3) is 6.66. The summed E-state index contributed by atoms with van der Waals surface area (Å²) < 4.78 is 251. The molecule has 0 fully saturated rings. The van der Waals surface area contributed by atoms with Crippen LogP contribution in [0.5, 0.6) is 0 Å². The number of rotatable bonds is 14. The standard InChI is InChI=1S/C12H6Br2F18O4S/c13-7(23,11(29,30)9(25,26)1(15)3(17)18)5(21)35-37(33,34)36-6(22)8(14,24)12(31,32)10(27,28)2(16)4(19)20/h1-6H. The Morgan fingerprint density at radius 1 is 0.514 bits per heavy atom. The first-order chi connectivity index (χ1) is 16.0. The van der Waals surface area contributed by atoms with Gasteiger partial charge in [-0.2, -0.15) is 43.5 Å². The van der Waals surface area contributed by atoms with Crippen LogP contribution >= 0.6 is 31.9 Å². The highest BCUT2D eigenvalue weighted by Gasteiger charge is 2.79. The molecule has 0 bridgehead atoms. The van der Waals surface area contributed by atoms with E-state index in [1.54, 1.807) is 0 Å². The third-order valence-electron chi connectivity index (χ3n) is 3.78. The first-order valence-corrected chi connectivity index (χ1v) is 10.9. The number of hydrogen-bond acceptors (Lipinski definition) is 4. The van der Waals surface area contributed by atoms with Crippen molar-refractivity contribution in [2.45, 2.75) is 70.8 Å². The zero-order chi connectivity index (χ0) is 30.4. The summed E-state index contributed by atoms with van der Waals surface area (Å²) in [6.45, 7) is 0. The quantitative estimate of drug-likeness (QED) is 0.146. The first-order valence-electron chi connectivity index (χ1n) is 7.97. The van der Waals surface area contributed by atoms with Crippen LogP contribution in [0.3, 0.4) is 0 Å². The van der Waals surface area contributed by atoms with Crippen LogP contribution in [-0.2, 0) is 18.8 Å². The second-order valence-corrected chi connectivity index (χ2v) is 9.86. The molecular formula is C12H6Br2F18O4S. The molecule has 0 saturated heterocycles. The molecule has 0 amide bonds. The van der Waals surface area contributed by atoms with Crippen molar-refractivity contribution >= 4 is 42.3 Å². The molecular weight excluding hydrogens is 742 g/mol. The van der Waals surface area contributed by atoms with Crippen LogP contribution in [-0.4, -0.2) is 79.2 Å². The van der Waals surface area contributed by atoms with Gasteiger partial charge in [0, 0.05) is 0 Å². The molecule has 0 rings (SSSR count). The van der Waals surface area contributed by atoms with Gasteiger partial charge in [-0.1, -0.05) is 0 Å². The summed E-state index contributed by atoms with van der Waals surface area (Å²) in [6, 6.07) is 0. The first kappa shape index (κ1) is 36.6. The van der Waals surface area contributed by atoms with Gasteiger partial charge in [0.25, 0.3) is 34.7 Å². The van der Waals surface area contributed by atoms with Gasteiger partial charge in [-0.3, -0.25) is 0 Å². The van der Waals surface area contributed by atoms with E-state index in [1.807, 2.05) is 0 Å². The molecule has 224 valence electrons. The summed E-state index contributed by atoms with van der Waals surface area (Å²) in [6.07, 6.45) is -31.0. The van der Waals surface area contributed by atoms with E-state index in [4.69, 9.17) is 0 Å². The topological polar surface area (TPSA) is 52.6 Å². The fourth-order valence-electron chi connectivity index (χ4n) is 1.74. The van der Waals surface area contributed by atoms with Crippen molar-refractivity contribution in [3.8, 4) is 0 Å². The molecule has 0 heterocycles. The molecule has 6 unspecified atom stereocenters. The Kier molecular flexibility index (Phi) is 11.1. The van der Waals surface area contributed by atoms with E-state index >= 15 is 0 Å². The number of hydrogen-bond donors (Lipinski definition) is 0. The molecule has 0 aliphatic carbocycles. The Labute approximate surface area is 209 Å². The fourth-order valence-corrected chi connectivity index (χ4v) is 3.43. The summed E-state index contributed by atoms with van der Waals surface area (Å²) in [5, 5.41) is 0. The van der Waals surface area contributed by atoms with E-state index in [0.29, 0.717) is 0 Å². The monoisotopic (exact) mass is 746 g/mol. The largest absolute Gasteiger partial charge is 0.405 e. The second kappa shape index (κ2) is 11.2. The molecule has 0 aromatic heterocycles. The summed E-state index contributed by atoms with van der Waals surface area (Å²) in [4.78, 5) is 0. The third-order valence-corrected chi connectivity index (χ3v) is 6.31. The number of alkyl halides is 20. The average Bonchev–Trinajstić information content (AvgIpc) is 2.70. The Morgan fingerprint density at radius 3 is 0.919 bits per heavy atom. The molecule has 0 aromatic rings. The van der Waals surface area contributed by atoms with Gasteiger partial charge in [0.05, 0.1) is 0 Å². The Balaban J connectivity index is 6.03. The maximum atomic E-state index is 13.9. The fraction of sp³-hybridized carbons (Fsp3) is 1.00. The van der Waals surface area contributed by atoms with Crippen LogP contribution in [0.1, 0.15) is 0 Å². The van der Waals surface area contributed by atoms with Crippen molar-refractivity contribution in [2.75, 3.05) is 0 Å². The summed E-state index contributed by atoms with van der Waals surface area (Å²) >= 11 is 1.46. The van der Waals surface area contributed by atoms with Crippen LogP contribution in [0.2, 0.25) is 0 Å². The molecule has 37 heavy (non-hydrogen) atoms. The van der Waals surface area contributed by atoms with Gasteiger partial charge in [0.1, 0.15) is 0 Å². The van der Waals surface area contributed by atoms with Crippen molar-refractivity contribution in [2.24, 2.45) is 0 Å². The lowest BCUT2D eigenvalue weighted by molar-refractivity contribution is -0.305. The molecule has 0 N–H and O–H groups in total. The van der Waals surface area contributed by atoms with Crippen molar-refractivity contribution in [3.05, 3.63) is 0 Å². The van der Waals surface area contributed by atoms with Gasteiger partial charge >= 0.3 is 34.1 Å². The molecule has 0 aromatic carbocycles. The van der Waals surface area contributed by atoms with Crippen LogP contribution < -0.4 is 0 Å². The SMILES string of the molecule is O=S(=O)(OC(F)C(F)(Br)C(F)(F)C(F)(F)C(F)C(F)F)OC(F)C(F)(Br)C(F)(F)C(F)(F)C(F)C(F)F. The lowest BCUT2D eigenvalue weighted by Crippen LogP contribution is -2.63. The van der Waals surface area contributed by atoms with Crippen molar-refractivity contribution in [3.63, 3.8) is 0 Å². The zero-order valence-electron chi connectivity index (χ0n) is 16.1. The lowest BCUT2D eigenvalue weighted by atomic mass is 10.0. The van der Waals surface area contributed by atoms with E-state index in [1.165, 1.54) is 0 Å². The maximum absolute atomic E-state index is 13.9. The van der Waals surface area contributed by atoms with Gasteiger partial charge in [0.2, 0.25) is 12.3 Å². The van der Waals surface area contributed by atoms with Gasteiger partial charge in [0.15, 0.2) is 0 Å². The van der Waals surface area contributed by atoms with E-state index in [2.05, 4.69) is 8.37 Å². The van der Waals surface area contributed by atoms with Gasteiger partial charge in [-0.05, 0) is 31.9 Å². The average molecular weight is 748 g/mol. The smallest absolute Gasteiger partial charge is 0.234 e. The summed E-state index contributed by atoms with van der Waals surface area (Å²) in [5.41, 5.74) is 0. The van der Waals surface area contributed by atoms with Crippen LogP contribution in [0.15, 0.2) is 0 Å². The van der Waals surface area contributed by atoms with Crippen LogP contribution in [0, 0.1) is 0 Å². The predicted molar refractivity (Wildman–Crippen MR) is 88.0 cm³/mol. The lowest BCUT2D eigenvalue weighted by Gasteiger charge is -2.37.